The van der Waals surface area contributed by atoms with Crippen LogP contribution in [0.3, 0.4) is 0 Å². The lowest BCUT2D eigenvalue weighted by Crippen LogP contribution is -2.08. The first-order valence-corrected chi connectivity index (χ1v) is 8.11. The number of nitrogens with two attached hydrogens (primary N) is 1. The summed E-state index contributed by atoms with van der Waals surface area (Å²) >= 11 is 2.24. The zero-order chi connectivity index (χ0) is 14.1. The van der Waals surface area contributed by atoms with Crippen molar-refractivity contribution >= 4 is 28.4 Å². The second-order valence-corrected chi connectivity index (χ2v) is 6.69. The van der Waals surface area contributed by atoms with Crippen LogP contribution in [0.15, 0.2) is 30.3 Å². The van der Waals surface area contributed by atoms with E-state index in [9.17, 15) is 0 Å². The second kappa shape index (κ2) is 5.68. The SMILES string of the molecule is CC1CCC(c2nc(N)c(I)c(-c3ccccc3)n2)C1. The molecule has 1 aliphatic carbocycles. The average Bonchev–Trinajstić information content (AvgIpc) is 2.89. The van der Waals surface area contributed by atoms with Crippen molar-refractivity contribution < 1.29 is 0 Å². The first-order valence-electron chi connectivity index (χ1n) is 7.03. The molecule has 0 spiro atoms. The van der Waals surface area contributed by atoms with Crippen molar-refractivity contribution in [1.82, 2.24) is 9.97 Å². The Labute approximate surface area is 133 Å². The number of nitrogens with zero attached hydrogens (tertiary/aromatic N) is 2. The quantitative estimate of drug-likeness (QED) is 0.795. The molecule has 3 nitrogen and oxygen atoms in total. The van der Waals surface area contributed by atoms with Gasteiger partial charge in [-0.15, -0.1) is 0 Å². The minimum absolute atomic E-state index is 0.465. The zero-order valence-electron chi connectivity index (χ0n) is 11.5. The maximum absolute atomic E-state index is 6.10. The van der Waals surface area contributed by atoms with Crippen molar-refractivity contribution in [2.24, 2.45) is 5.92 Å². The first-order chi connectivity index (χ1) is 9.65. The molecule has 1 saturated carbocycles. The minimum atomic E-state index is 0.465. The van der Waals surface area contributed by atoms with Gasteiger partial charge in [-0.05, 0) is 47.8 Å². The predicted octanol–water partition coefficient (Wildman–Crippen LogP) is 4.23. The molecular weight excluding hydrogens is 361 g/mol. The molecule has 2 aromatic rings. The van der Waals surface area contributed by atoms with E-state index in [-0.39, 0.29) is 0 Å². The van der Waals surface area contributed by atoms with Crippen LogP contribution in [0, 0.1) is 9.49 Å². The van der Waals surface area contributed by atoms with E-state index < -0.39 is 0 Å². The standard InChI is InChI=1S/C16H18IN3/c1-10-7-8-12(9-10)16-19-14(13(17)15(18)20-16)11-5-3-2-4-6-11/h2-6,10,12H,7-9H2,1H3,(H2,18,19,20). The summed E-state index contributed by atoms with van der Waals surface area (Å²) in [6.07, 6.45) is 3.62. The fourth-order valence-electron chi connectivity index (χ4n) is 2.89. The molecule has 20 heavy (non-hydrogen) atoms. The van der Waals surface area contributed by atoms with Gasteiger partial charge in [0.2, 0.25) is 0 Å². The van der Waals surface area contributed by atoms with Crippen LogP contribution in [0.5, 0.6) is 0 Å². The van der Waals surface area contributed by atoms with Gasteiger partial charge in [0.05, 0.1) is 9.26 Å². The summed E-state index contributed by atoms with van der Waals surface area (Å²) in [4.78, 5) is 9.36. The highest BCUT2D eigenvalue weighted by Gasteiger charge is 2.26. The van der Waals surface area contributed by atoms with Gasteiger partial charge in [-0.2, -0.15) is 0 Å². The van der Waals surface area contributed by atoms with Crippen LogP contribution in [-0.2, 0) is 0 Å². The lowest BCUT2D eigenvalue weighted by molar-refractivity contribution is 0.586. The van der Waals surface area contributed by atoms with Crippen LogP contribution < -0.4 is 5.73 Å². The van der Waals surface area contributed by atoms with Crippen LogP contribution in [0.25, 0.3) is 11.3 Å². The van der Waals surface area contributed by atoms with Gasteiger partial charge in [-0.1, -0.05) is 37.3 Å². The topological polar surface area (TPSA) is 51.8 Å². The molecule has 2 unspecified atom stereocenters. The van der Waals surface area contributed by atoms with E-state index in [1.807, 2.05) is 18.2 Å². The van der Waals surface area contributed by atoms with Gasteiger partial charge in [0.15, 0.2) is 0 Å². The summed E-state index contributed by atoms with van der Waals surface area (Å²) in [5, 5.41) is 0. The van der Waals surface area contributed by atoms with Gasteiger partial charge in [-0.25, -0.2) is 9.97 Å². The third-order valence-corrected chi connectivity index (χ3v) is 5.06. The van der Waals surface area contributed by atoms with Crippen LogP contribution >= 0.6 is 22.6 Å². The molecule has 0 aliphatic heterocycles. The number of hydrogen-bond donors (Lipinski definition) is 1. The van der Waals surface area contributed by atoms with Crippen molar-refractivity contribution in [3.8, 4) is 11.3 Å². The number of halogens is 1. The summed E-state index contributed by atoms with van der Waals surface area (Å²) in [5.41, 5.74) is 8.18. The maximum atomic E-state index is 6.10. The summed E-state index contributed by atoms with van der Waals surface area (Å²) in [6.45, 7) is 2.30. The molecule has 4 heteroatoms. The van der Waals surface area contributed by atoms with Crippen LogP contribution in [0.2, 0.25) is 0 Å². The monoisotopic (exact) mass is 379 g/mol. The van der Waals surface area contributed by atoms with E-state index in [1.165, 1.54) is 19.3 Å². The lowest BCUT2D eigenvalue weighted by atomic mass is 10.0. The Morgan fingerprint density at radius 1 is 1.15 bits per heavy atom. The van der Waals surface area contributed by atoms with E-state index >= 15 is 0 Å². The van der Waals surface area contributed by atoms with E-state index in [0.717, 1.165) is 26.6 Å². The fourth-order valence-corrected chi connectivity index (χ4v) is 3.45. The molecule has 1 fully saturated rings. The molecule has 1 aromatic heterocycles. The van der Waals surface area contributed by atoms with Gasteiger partial charge in [0, 0.05) is 11.5 Å². The molecule has 3 rings (SSSR count). The molecule has 2 N–H and O–H groups in total. The van der Waals surface area contributed by atoms with Crippen molar-refractivity contribution in [3.05, 3.63) is 39.7 Å². The molecule has 0 saturated heterocycles. The Kier molecular flexibility index (Phi) is 3.92. The molecule has 0 amide bonds. The number of aromatic nitrogens is 2. The summed E-state index contributed by atoms with van der Waals surface area (Å²) in [7, 11) is 0. The van der Waals surface area contributed by atoms with Crippen LogP contribution in [-0.4, -0.2) is 9.97 Å². The molecule has 1 aromatic carbocycles. The Balaban J connectivity index is 2.04. The molecule has 1 aliphatic rings. The van der Waals surface area contributed by atoms with Gasteiger partial charge in [0.25, 0.3) is 0 Å². The second-order valence-electron chi connectivity index (χ2n) is 5.61. The summed E-state index contributed by atoms with van der Waals surface area (Å²) in [6, 6.07) is 10.2. The van der Waals surface area contributed by atoms with Crippen LogP contribution in [0.1, 0.15) is 37.9 Å². The average molecular weight is 379 g/mol. The minimum Gasteiger partial charge on any atom is -0.383 e. The highest BCUT2D eigenvalue weighted by atomic mass is 127. The highest BCUT2D eigenvalue weighted by molar-refractivity contribution is 14.1. The van der Waals surface area contributed by atoms with E-state index in [0.29, 0.717) is 11.7 Å². The van der Waals surface area contributed by atoms with Crippen molar-refractivity contribution in [2.75, 3.05) is 5.73 Å². The van der Waals surface area contributed by atoms with E-state index in [1.54, 1.807) is 0 Å². The summed E-state index contributed by atoms with van der Waals surface area (Å²) in [5.74, 6) is 2.76. The molecule has 1 heterocycles. The Hall–Kier alpha value is -1.17. The Morgan fingerprint density at radius 3 is 2.55 bits per heavy atom. The third kappa shape index (κ3) is 2.66. The predicted molar refractivity (Wildman–Crippen MR) is 90.4 cm³/mol. The molecule has 0 bridgehead atoms. The smallest absolute Gasteiger partial charge is 0.141 e. The largest absolute Gasteiger partial charge is 0.383 e. The van der Waals surface area contributed by atoms with E-state index in [4.69, 9.17) is 10.7 Å². The van der Waals surface area contributed by atoms with Crippen molar-refractivity contribution in [2.45, 2.75) is 32.1 Å². The number of nitrogen functional groups attached to an aromatic ring is 1. The van der Waals surface area contributed by atoms with Crippen molar-refractivity contribution in [3.63, 3.8) is 0 Å². The van der Waals surface area contributed by atoms with Crippen LogP contribution in [0.4, 0.5) is 5.82 Å². The van der Waals surface area contributed by atoms with Gasteiger partial charge in [0.1, 0.15) is 11.6 Å². The number of rotatable bonds is 2. The number of anilines is 1. The first kappa shape index (κ1) is 13.8. The van der Waals surface area contributed by atoms with Gasteiger partial charge in [-0.3, -0.25) is 0 Å². The molecule has 104 valence electrons. The molecular formula is C16H18IN3. The number of benzene rings is 1. The van der Waals surface area contributed by atoms with Crippen molar-refractivity contribution in [1.29, 1.82) is 0 Å². The zero-order valence-corrected chi connectivity index (χ0v) is 13.7. The Bertz CT molecular complexity index is 613. The maximum Gasteiger partial charge on any atom is 0.141 e. The molecule has 2 atom stereocenters. The van der Waals surface area contributed by atoms with Gasteiger partial charge >= 0.3 is 0 Å². The van der Waals surface area contributed by atoms with E-state index in [2.05, 4.69) is 46.6 Å². The molecule has 0 radical (unpaired) electrons. The normalized spacial score (nSPS) is 22.1. The van der Waals surface area contributed by atoms with Gasteiger partial charge < -0.3 is 5.73 Å². The lowest BCUT2D eigenvalue weighted by Gasteiger charge is -2.13. The summed E-state index contributed by atoms with van der Waals surface area (Å²) < 4.78 is 0.948. The number of hydrogen-bond acceptors (Lipinski definition) is 3. The third-order valence-electron chi connectivity index (χ3n) is 4.00. The Morgan fingerprint density at radius 2 is 1.90 bits per heavy atom. The highest BCUT2D eigenvalue weighted by Crippen LogP contribution is 2.38. The fraction of sp³-hybridized carbons (Fsp3) is 0.375.